The molecule has 0 unspecified atom stereocenters. The molecule has 0 N–H and O–H groups in total. The summed E-state index contributed by atoms with van der Waals surface area (Å²) in [5, 5.41) is 0. The number of rotatable bonds is 1. The third-order valence-corrected chi connectivity index (χ3v) is 8.92. The highest BCUT2D eigenvalue weighted by Crippen LogP contribution is 2.73. The fraction of sp³-hybridized carbons (Fsp3) is 0.810. The minimum absolute atomic E-state index is 0.0345. The molecule has 7 atom stereocenters. The molecule has 24 heavy (non-hydrogen) atoms. The van der Waals surface area contributed by atoms with Crippen molar-refractivity contribution in [2.24, 2.45) is 28.6 Å². The van der Waals surface area contributed by atoms with Gasteiger partial charge in [0.1, 0.15) is 0 Å². The molecule has 0 aromatic heterocycles. The molecule has 1 heterocycles. The minimum atomic E-state index is -0.456. The Kier molecular flexibility index (Phi) is 2.81. The van der Waals surface area contributed by atoms with Crippen molar-refractivity contribution < 1.29 is 14.3 Å². The molecule has 5 rings (SSSR count). The van der Waals surface area contributed by atoms with Crippen LogP contribution in [0.5, 0.6) is 0 Å². The van der Waals surface area contributed by atoms with Gasteiger partial charge in [-0.15, -0.1) is 0 Å². The van der Waals surface area contributed by atoms with Crippen LogP contribution in [0.25, 0.3) is 0 Å². The van der Waals surface area contributed by atoms with Crippen LogP contribution in [0.15, 0.2) is 11.6 Å². The van der Waals surface area contributed by atoms with Crippen molar-refractivity contribution in [2.45, 2.75) is 77.4 Å². The standard InChI is InChI=1S/C21H28O3/c1-12(22)21-18(24-21)11-17-15-5-4-13-10-14(23)6-8-19(13,2)16(15)7-9-20(17,21)3/h10,15-18H,4-9,11H2,1-3H3/t15-,16-,17-,18-,19+,20+,21-/m1/s1. The van der Waals surface area contributed by atoms with E-state index in [2.05, 4.69) is 13.8 Å². The largest absolute Gasteiger partial charge is 0.357 e. The summed E-state index contributed by atoms with van der Waals surface area (Å²) in [5.74, 6) is 2.58. The van der Waals surface area contributed by atoms with Crippen LogP contribution in [0.2, 0.25) is 0 Å². The van der Waals surface area contributed by atoms with Crippen LogP contribution in [0.3, 0.4) is 0 Å². The smallest absolute Gasteiger partial charge is 0.164 e. The summed E-state index contributed by atoms with van der Waals surface area (Å²) in [6.45, 7) is 6.48. The Morgan fingerprint density at radius 1 is 1.17 bits per heavy atom. The molecule has 3 nitrogen and oxygen atoms in total. The van der Waals surface area contributed by atoms with E-state index in [9.17, 15) is 9.59 Å². The quantitative estimate of drug-likeness (QED) is 0.687. The number of hydrogen-bond acceptors (Lipinski definition) is 3. The Bertz CT molecular complexity index is 679. The molecular formula is C21H28O3. The maximum absolute atomic E-state index is 12.4. The fourth-order valence-corrected chi connectivity index (χ4v) is 7.62. The lowest BCUT2D eigenvalue weighted by Crippen LogP contribution is -2.54. The SMILES string of the molecule is CC(=O)[C@@]12O[C@@H]1C[C@@H]1[C@@H]3CCC4=CC(=O)CC[C@]4(C)[C@@H]3CC[C@@]12C. The summed E-state index contributed by atoms with van der Waals surface area (Å²) < 4.78 is 5.99. The molecule has 0 bridgehead atoms. The molecule has 5 aliphatic rings. The second-order valence-electron chi connectivity index (χ2n) is 9.56. The highest BCUT2D eigenvalue weighted by Gasteiger charge is 2.79. The Hall–Kier alpha value is -0.960. The van der Waals surface area contributed by atoms with E-state index in [4.69, 9.17) is 4.74 Å². The van der Waals surface area contributed by atoms with E-state index >= 15 is 0 Å². The second kappa shape index (κ2) is 4.41. The summed E-state index contributed by atoms with van der Waals surface area (Å²) in [5.41, 5.74) is 1.22. The van der Waals surface area contributed by atoms with Crippen molar-refractivity contribution >= 4 is 11.6 Å². The van der Waals surface area contributed by atoms with Crippen LogP contribution in [0.1, 0.15) is 65.7 Å². The average molecular weight is 328 g/mol. The molecule has 0 amide bonds. The van der Waals surface area contributed by atoms with Gasteiger partial charge in [-0.05, 0) is 74.7 Å². The first-order valence-corrected chi connectivity index (χ1v) is 9.76. The average Bonchev–Trinajstić information content (AvgIpc) is 3.21. The predicted octanol–water partition coefficient (Wildman–Crippen LogP) is 3.85. The molecule has 0 aromatic rings. The number of carbonyl (C=O) groups is 2. The van der Waals surface area contributed by atoms with E-state index in [1.165, 1.54) is 18.4 Å². The van der Waals surface area contributed by atoms with Crippen LogP contribution in [0, 0.1) is 28.6 Å². The zero-order chi connectivity index (χ0) is 16.9. The molecular weight excluding hydrogens is 300 g/mol. The first-order chi connectivity index (χ1) is 11.3. The Balaban J connectivity index is 1.52. The van der Waals surface area contributed by atoms with Gasteiger partial charge in [-0.2, -0.15) is 0 Å². The molecule has 3 heteroatoms. The molecule has 4 fully saturated rings. The van der Waals surface area contributed by atoms with Gasteiger partial charge in [0.05, 0.1) is 6.10 Å². The molecule has 1 aliphatic heterocycles. The highest BCUT2D eigenvalue weighted by atomic mass is 16.6. The zero-order valence-electron chi connectivity index (χ0n) is 15.1. The van der Waals surface area contributed by atoms with Gasteiger partial charge in [0.2, 0.25) is 0 Å². The first kappa shape index (κ1) is 15.3. The number of Topliss-reactive ketones (excluding diaryl/α,β-unsaturated/α-hetero) is 1. The summed E-state index contributed by atoms with van der Waals surface area (Å²) in [6, 6.07) is 0. The molecule has 3 saturated carbocycles. The highest BCUT2D eigenvalue weighted by molar-refractivity contribution is 5.92. The molecule has 1 saturated heterocycles. The van der Waals surface area contributed by atoms with E-state index in [-0.39, 0.29) is 22.7 Å². The van der Waals surface area contributed by atoms with E-state index in [1.807, 2.05) is 6.08 Å². The van der Waals surface area contributed by atoms with Crippen LogP contribution in [0.4, 0.5) is 0 Å². The van der Waals surface area contributed by atoms with Crippen LogP contribution >= 0.6 is 0 Å². The number of epoxide rings is 1. The monoisotopic (exact) mass is 328 g/mol. The van der Waals surface area contributed by atoms with Crippen LogP contribution < -0.4 is 0 Å². The van der Waals surface area contributed by atoms with Crippen molar-refractivity contribution in [3.63, 3.8) is 0 Å². The number of ether oxygens (including phenoxy) is 1. The second-order valence-corrected chi connectivity index (χ2v) is 9.56. The lowest BCUT2D eigenvalue weighted by atomic mass is 9.46. The van der Waals surface area contributed by atoms with Gasteiger partial charge in [0.25, 0.3) is 0 Å². The first-order valence-electron chi connectivity index (χ1n) is 9.76. The summed E-state index contributed by atoms with van der Waals surface area (Å²) in [7, 11) is 0. The van der Waals surface area contributed by atoms with Crippen LogP contribution in [-0.2, 0) is 14.3 Å². The van der Waals surface area contributed by atoms with Crippen molar-refractivity contribution in [2.75, 3.05) is 0 Å². The number of hydrogen-bond donors (Lipinski definition) is 0. The Labute approximate surface area is 144 Å². The van der Waals surface area contributed by atoms with Crippen molar-refractivity contribution in [1.82, 2.24) is 0 Å². The van der Waals surface area contributed by atoms with Crippen molar-refractivity contribution in [1.29, 1.82) is 0 Å². The van der Waals surface area contributed by atoms with Gasteiger partial charge in [0.15, 0.2) is 17.2 Å². The van der Waals surface area contributed by atoms with Crippen LogP contribution in [-0.4, -0.2) is 23.3 Å². The predicted molar refractivity (Wildman–Crippen MR) is 90.4 cm³/mol. The fourth-order valence-electron chi connectivity index (χ4n) is 7.62. The lowest BCUT2D eigenvalue weighted by molar-refractivity contribution is -0.136. The summed E-state index contributed by atoms with van der Waals surface area (Å²) in [4.78, 5) is 24.3. The molecule has 0 spiro atoms. The van der Waals surface area contributed by atoms with E-state index < -0.39 is 5.60 Å². The maximum Gasteiger partial charge on any atom is 0.164 e. The third kappa shape index (κ3) is 1.54. The van der Waals surface area contributed by atoms with E-state index in [0.29, 0.717) is 30.0 Å². The topological polar surface area (TPSA) is 46.7 Å². The number of fused-ring (bicyclic) bond motifs is 7. The number of ketones is 2. The number of carbonyl (C=O) groups excluding carboxylic acids is 2. The van der Waals surface area contributed by atoms with Gasteiger partial charge < -0.3 is 4.74 Å². The minimum Gasteiger partial charge on any atom is -0.357 e. The van der Waals surface area contributed by atoms with Crippen molar-refractivity contribution in [3.8, 4) is 0 Å². The summed E-state index contributed by atoms with van der Waals surface area (Å²) in [6.07, 6.45) is 9.53. The molecule has 0 aromatic carbocycles. The van der Waals surface area contributed by atoms with Gasteiger partial charge >= 0.3 is 0 Å². The Morgan fingerprint density at radius 2 is 1.96 bits per heavy atom. The van der Waals surface area contributed by atoms with Gasteiger partial charge in [0, 0.05) is 11.8 Å². The van der Waals surface area contributed by atoms with E-state index in [0.717, 1.165) is 25.7 Å². The molecule has 130 valence electrons. The Morgan fingerprint density at radius 3 is 2.71 bits per heavy atom. The normalized spacial score (nSPS) is 55.0. The maximum atomic E-state index is 12.4. The molecule has 0 radical (unpaired) electrons. The van der Waals surface area contributed by atoms with E-state index in [1.54, 1.807) is 6.92 Å². The third-order valence-electron chi connectivity index (χ3n) is 8.92. The van der Waals surface area contributed by atoms with Crippen molar-refractivity contribution in [3.05, 3.63) is 11.6 Å². The van der Waals surface area contributed by atoms with Gasteiger partial charge in [-0.25, -0.2) is 0 Å². The van der Waals surface area contributed by atoms with Gasteiger partial charge in [-0.3, -0.25) is 9.59 Å². The zero-order valence-corrected chi connectivity index (χ0v) is 15.1. The lowest BCUT2D eigenvalue weighted by Gasteiger charge is -2.58. The van der Waals surface area contributed by atoms with Gasteiger partial charge in [-0.1, -0.05) is 19.4 Å². The summed E-state index contributed by atoms with van der Waals surface area (Å²) >= 11 is 0. The number of allylic oxidation sites excluding steroid dienone is 1. The molecule has 4 aliphatic carbocycles.